The number of aliphatic hydroxyl groups is 1. The summed E-state index contributed by atoms with van der Waals surface area (Å²) in [6.07, 6.45) is -0.786. The van der Waals surface area contributed by atoms with Crippen molar-refractivity contribution in [3.05, 3.63) is 54.6 Å². The van der Waals surface area contributed by atoms with E-state index in [0.717, 1.165) is 4.90 Å². The van der Waals surface area contributed by atoms with Gasteiger partial charge in [0.25, 0.3) is 10.0 Å². The third-order valence-electron chi connectivity index (χ3n) is 3.71. The van der Waals surface area contributed by atoms with Gasteiger partial charge in [-0.1, -0.05) is 18.2 Å². The Kier molecular flexibility index (Phi) is 6.41. The van der Waals surface area contributed by atoms with E-state index in [0.29, 0.717) is 18.0 Å². The number of ether oxygens (including phenoxy) is 1. The summed E-state index contributed by atoms with van der Waals surface area (Å²) in [6.45, 7) is 0.422. The first-order chi connectivity index (χ1) is 11.8. The molecular formula is C18H25N2O4S+. The van der Waals surface area contributed by atoms with Crippen molar-refractivity contribution in [2.75, 3.05) is 38.6 Å². The lowest BCUT2D eigenvalue weighted by Crippen LogP contribution is -3.07. The number of hydrogen-bond acceptors (Lipinski definition) is 4. The van der Waals surface area contributed by atoms with Crippen LogP contribution in [-0.4, -0.2) is 53.9 Å². The molecule has 0 saturated carbocycles. The fraction of sp³-hybridized carbons (Fsp3) is 0.333. The van der Waals surface area contributed by atoms with Gasteiger partial charge >= 0.3 is 0 Å². The molecule has 2 rings (SSSR count). The Labute approximate surface area is 149 Å². The standard InChI is InChI=1S/C18H24N2O4S/c1-19(2)13-16(21)14-20(15-9-11-17(24-3)12-10-15)25(22,23)18-7-5-4-6-8-18/h4-12,16,21H,13-14H2,1-3H3/p+1. The van der Waals surface area contributed by atoms with Gasteiger partial charge in [-0.05, 0) is 36.4 Å². The summed E-state index contributed by atoms with van der Waals surface area (Å²) in [7, 11) is 1.59. The SMILES string of the molecule is COc1ccc(N(CC(O)C[NH+](C)C)S(=O)(=O)c2ccccc2)cc1. The molecule has 0 amide bonds. The van der Waals surface area contributed by atoms with Crippen molar-refractivity contribution in [1.29, 1.82) is 0 Å². The highest BCUT2D eigenvalue weighted by molar-refractivity contribution is 7.92. The molecule has 2 N–H and O–H groups in total. The molecule has 0 radical (unpaired) electrons. The first kappa shape index (κ1) is 19.2. The first-order valence-corrected chi connectivity index (χ1v) is 9.47. The molecule has 0 aliphatic rings. The number of benzene rings is 2. The third-order valence-corrected chi connectivity index (χ3v) is 5.52. The van der Waals surface area contributed by atoms with Crippen molar-refractivity contribution in [1.82, 2.24) is 0 Å². The summed E-state index contributed by atoms with van der Waals surface area (Å²) in [5.41, 5.74) is 0.484. The minimum atomic E-state index is -3.78. The van der Waals surface area contributed by atoms with E-state index in [-0.39, 0.29) is 11.4 Å². The summed E-state index contributed by atoms with van der Waals surface area (Å²) in [4.78, 5) is 1.23. The monoisotopic (exact) mass is 365 g/mol. The smallest absolute Gasteiger partial charge is 0.264 e. The maximum absolute atomic E-state index is 13.1. The molecular weight excluding hydrogens is 340 g/mol. The van der Waals surface area contributed by atoms with Crippen molar-refractivity contribution in [2.45, 2.75) is 11.0 Å². The number of anilines is 1. The molecule has 7 heteroatoms. The van der Waals surface area contributed by atoms with Gasteiger partial charge in [0.15, 0.2) is 0 Å². The van der Waals surface area contributed by atoms with Crippen molar-refractivity contribution >= 4 is 15.7 Å². The van der Waals surface area contributed by atoms with E-state index in [2.05, 4.69) is 0 Å². The molecule has 2 aromatic rings. The summed E-state index contributed by atoms with van der Waals surface area (Å²) < 4.78 is 32.5. The van der Waals surface area contributed by atoms with Gasteiger partial charge in [0.05, 0.1) is 38.3 Å². The second-order valence-electron chi connectivity index (χ2n) is 6.11. The Hall–Kier alpha value is -2.09. The molecule has 1 atom stereocenters. The maximum atomic E-state index is 13.1. The van der Waals surface area contributed by atoms with E-state index in [1.54, 1.807) is 61.7 Å². The molecule has 0 bridgehead atoms. The largest absolute Gasteiger partial charge is 0.497 e. The van der Waals surface area contributed by atoms with E-state index in [1.165, 1.54) is 4.31 Å². The van der Waals surface area contributed by atoms with Crippen LogP contribution in [0.25, 0.3) is 0 Å². The predicted octanol–water partition coefficient (Wildman–Crippen LogP) is 0.396. The second kappa shape index (κ2) is 8.33. The molecule has 0 spiro atoms. The van der Waals surface area contributed by atoms with Gasteiger partial charge in [-0.3, -0.25) is 4.31 Å². The molecule has 0 heterocycles. The number of nitrogens with one attached hydrogen (secondary N) is 1. The van der Waals surface area contributed by atoms with E-state index in [1.807, 2.05) is 14.1 Å². The number of methoxy groups -OCH3 is 1. The fourth-order valence-electron chi connectivity index (χ4n) is 2.54. The van der Waals surface area contributed by atoms with E-state index < -0.39 is 16.1 Å². The van der Waals surface area contributed by atoms with E-state index in [4.69, 9.17) is 4.74 Å². The van der Waals surface area contributed by atoms with Gasteiger partial charge in [-0.2, -0.15) is 0 Å². The number of likely N-dealkylation sites (N-methyl/N-ethyl adjacent to an activating group) is 1. The Morgan fingerprint density at radius 2 is 1.68 bits per heavy atom. The van der Waals surface area contributed by atoms with Crippen LogP contribution in [0.2, 0.25) is 0 Å². The van der Waals surface area contributed by atoms with Crippen molar-refractivity contribution < 1.29 is 23.2 Å². The molecule has 0 aliphatic heterocycles. The molecule has 0 saturated heterocycles. The Bertz CT molecular complexity index is 761. The highest BCUT2D eigenvalue weighted by Crippen LogP contribution is 2.25. The molecule has 2 aromatic carbocycles. The Morgan fingerprint density at radius 3 is 2.20 bits per heavy atom. The average Bonchev–Trinajstić information content (AvgIpc) is 2.60. The molecule has 1 unspecified atom stereocenters. The van der Waals surface area contributed by atoms with Gasteiger partial charge in [0, 0.05) is 0 Å². The van der Waals surface area contributed by atoms with Crippen molar-refractivity contribution in [2.24, 2.45) is 0 Å². The maximum Gasteiger partial charge on any atom is 0.264 e. The molecule has 6 nitrogen and oxygen atoms in total. The number of rotatable bonds is 8. The summed E-state index contributed by atoms with van der Waals surface area (Å²) >= 11 is 0. The van der Waals surface area contributed by atoms with Crippen LogP contribution in [0.4, 0.5) is 5.69 Å². The second-order valence-corrected chi connectivity index (χ2v) is 7.97. The van der Waals surface area contributed by atoms with Crippen molar-refractivity contribution in [3.63, 3.8) is 0 Å². The number of sulfonamides is 1. The highest BCUT2D eigenvalue weighted by atomic mass is 32.2. The minimum Gasteiger partial charge on any atom is -0.497 e. The van der Waals surface area contributed by atoms with Crippen LogP contribution in [-0.2, 0) is 10.0 Å². The molecule has 0 aliphatic carbocycles. The molecule has 0 fully saturated rings. The quantitative estimate of drug-likeness (QED) is 0.710. The number of nitrogens with zero attached hydrogens (tertiary/aromatic N) is 1. The molecule has 0 aromatic heterocycles. The van der Waals surface area contributed by atoms with Crippen LogP contribution in [0.1, 0.15) is 0 Å². The number of hydrogen-bond donors (Lipinski definition) is 2. The molecule has 136 valence electrons. The molecule has 25 heavy (non-hydrogen) atoms. The first-order valence-electron chi connectivity index (χ1n) is 8.03. The van der Waals surface area contributed by atoms with Crippen LogP contribution in [0.15, 0.2) is 59.5 Å². The minimum absolute atomic E-state index is 0.0191. The van der Waals surface area contributed by atoms with Crippen LogP contribution in [0.5, 0.6) is 5.75 Å². The lowest BCUT2D eigenvalue weighted by atomic mass is 10.2. The van der Waals surface area contributed by atoms with Crippen LogP contribution in [0, 0.1) is 0 Å². The van der Waals surface area contributed by atoms with Gasteiger partial charge in [0.1, 0.15) is 18.4 Å². The van der Waals surface area contributed by atoms with E-state index >= 15 is 0 Å². The summed E-state index contributed by atoms with van der Waals surface area (Å²) in [5, 5.41) is 10.3. The highest BCUT2D eigenvalue weighted by Gasteiger charge is 2.27. The number of quaternary nitrogens is 1. The predicted molar refractivity (Wildman–Crippen MR) is 97.7 cm³/mol. The zero-order valence-corrected chi connectivity index (χ0v) is 15.5. The van der Waals surface area contributed by atoms with Crippen LogP contribution in [0.3, 0.4) is 0 Å². The van der Waals surface area contributed by atoms with E-state index in [9.17, 15) is 13.5 Å². The van der Waals surface area contributed by atoms with Crippen LogP contribution < -0.4 is 13.9 Å². The Morgan fingerprint density at radius 1 is 1.08 bits per heavy atom. The number of aliphatic hydroxyl groups excluding tert-OH is 1. The fourth-order valence-corrected chi connectivity index (χ4v) is 4.06. The summed E-state index contributed by atoms with van der Waals surface area (Å²) in [6, 6.07) is 15.0. The average molecular weight is 365 g/mol. The normalized spacial score (nSPS) is 12.8. The van der Waals surface area contributed by atoms with Gasteiger partial charge in [-0.15, -0.1) is 0 Å². The summed E-state index contributed by atoms with van der Waals surface area (Å²) in [5.74, 6) is 0.638. The zero-order valence-electron chi connectivity index (χ0n) is 14.7. The van der Waals surface area contributed by atoms with Crippen molar-refractivity contribution in [3.8, 4) is 5.75 Å². The lowest BCUT2D eigenvalue weighted by Gasteiger charge is -2.27. The zero-order chi connectivity index (χ0) is 18.4. The van der Waals surface area contributed by atoms with Gasteiger partial charge in [-0.25, -0.2) is 8.42 Å². The van der Waals surface area contributed by atoms with Crippen LogP contribution >= 0.6 is 0 Å². The van der Waals surface area contributed by atoms with Gasteiger partial charge < -0.3 is 14.7 Å². The van der Waals surface area contributed by atoms with Gasteiger partial charge in [0.2, 0.25) is 0 Å². The lowest BCUT2D eigenvalue weighted by molar-refractivity contribution is -0.861. The third kappa shape index (κ3) is 4.94. The Balaban J connectivity index is 2.40. The topological polar surface area (TPSA) is 71.3 Å².